The summed E-state index contributed by atoms with van der Waals surface area (Å²) in [5.41, 5.74) is 0.426. The molecular formula is C8H9NO4. The number of hydrogen-bond acceptors (Lipinski definition) is 5. The molecule has 5 nitrogen and oxygen atoms in total. The number of rotatable bonds is 2. The predicted molar refractivity (Wildman–Crippen MR) is 45.7 cm³/mol. The highest BCUT2D eigenvalue weighted by Crippen LogP contribution is 2.35. The Labute approximate surface area is 74.5 Å². The van der Waals surface area contributed by atoms with Gasteiger partial charge in [0, 0.05) is 5.56 Å². The molecule has 0 heterocycles. The van der Waals surface area contributed by atoms with Crippen molar-refractivity contribution < 1.29 is 20.2 Å². The molecule has 0 saturated carbocycles. The number of oxime groups is 1. The van der Waals surface area contributed by atoms with Gasteiger partial charge in [0.1, 0.15) is 0 Å². The van der Waals surface area contributed by atoms with Gasteiger partial charge in [-0.1, -0.05) is 5.16 Å². The predicted octanol–water partition coefficient (Wildman–Crippen LogP) is 0.914. The number of benzene rings is 1. The third-order valence-corrected chi connectivity index (χ3v) is 1.50. The lowest BCUT2D eigenvalue weighted by atomic mass is 10.2. The molecule has 0 amide bonds. The number of aromatic hydroxyl groups is 2. The van der Waals surface area contributed by atoms with Gasteiger partial charge in [0.25, 0.3) is 0 Å². The fourth-order valence-electron chi connectivity index (χ4n) is 0.911. The lowest BCUT2D eigenvalue weighted by molar-refractivity contribution is 0.321. The van der Waals surface area contributed by atoms with Crippen molar-refractivity contribution in [2.24, 2.45) is 5.16 Å². The third kappa shape index (κ3) is 1.81. The van der Waals surface area contributed by atoms with Crippen molar-refractivity contribution in [2.45, 2.75) is 0 Å². The second-order valence-electron chi connectivity index (χ2n) is 2.34. The highest BCUT2D eigenvalue weighted by atomic mass is 16.5. The van der Waals surface area contributed by atoms with Gasteiger partial charge in [0.05, 0.1) is 13.3 Å². The molecule has 0 aliphatic heterocycles. The number of phenolic OH excluding ortho intramolecular Hbond substituents is 2. The molecule has 5 heteroatoms. The average Bonchev–Trinajstić information content (AvgIpc) is 2.11. The lowest BCUT2D eigenvalue weighted by Gasteiger charge is -2.05. The summed E-state index contributed by atoms with van der Waals surface area (Å²) in [6, 6.07) is 2.67. The highest BCUT2D eigenvalue weighted by Gasteiger charge is 2.08. The third-order valence-electron chi connectivity index (χ3n) is 1.50. The monoisotopic (exact) mass is 183 g/mol. The molecule has 1 aromatic carbocycles. The Kier molecular flexibility index (Phi) is 2.59. The molecule has 0 aliphatic carbocycles. The van der Waals surface area contributed by atoms with Crippen LogP contribution >= 0.6 is 0 Å². The summed E-state index contributed by atoms with van der Waals surface area (Å²) in [5.74, 6) is -0.540. The molecule has 0 fully saturated rings. The van der Waals surface area contributed by atoms with Crippen molar-refractivity contribution in [3.05, 3.63) is 17.7 Å². The van der Waals surface area contributed by atoms with Gasteiger partial charge >= 0.3 is 0 Å². The van der Waals surface area contributed by atoms with Crippen LogP contribution in [0, 0.1) is 0 Å². The SMILES string of the molecule is COc1cc(/C=N\O)cc(O)c1O. The maximum atomic E-state index is 9.21. The van der Waals surface area contributed by atoms with Crippen molar-refractivity contribution in [2.75, 3.05) is 7.11 Å². The van der Waals surface area contributed by atoms with E-state index in [1.54, 1.807) is 0 Å². The zero-order valence-corrected chi connectivity index (χ0v) is 6.93. The minimum absolute atomic E-state index is 0.120. The van der Waals surface area contributed by atoms with Crippen molar-refractivity contribution in [3.8, 4) is 17.2 Å². The summed E-state index contributed by atoms with van der Waals surface area (Å²) in [6.45, 7) is 0. The second-order valence-corrected chi connectivity index (χ2v) is 2.34. The summed E-state index contributed by atoms with van der Waals surface area (Å²) in [4.78, 5) is 0. The highest BCUT2D eigenvalue weighted by molar-refractivity contribution is 5.81. The van der Waals surface area contributed by atoms with E-state index >= 15 is 0 Å². The van der Waals surface area contributed by atoms with Crippen LogP contribution in [0.5, 0.6) is 17.2 Å². The molecule has 0 aliphatic rings. The van der Waals surface area contributed by atoms with Crippen LogP contribution < -0.4 is 4.74 Å². The molecule has 1 aromatic rings. The molecule has 0 saturated heterocycles. The van der Waals surface area contributed by atoms with E-state index in [0.717, 1.165) is 6.21 Å². The zero-order valence-electron chi connectivity index (χ0n) is 6.93. The Morgan fingerprint density at radius 1 is 1.38 bits per heavy atom. The molecule has 0 spiro atoms. The molecule has 3 N–H and O–H groups in total. The summed E-state index contributed by atoms with van der Waals surface area (Å²) >= 11 is 0. The van der Waals surface area contributed by atoms with E-state index in [0.29, 0.717) is 5.56 Å². The minimum Gasteiger partial charge on any atom is -0.504 e. The minimum atomic E-state index is -0.336. The van der Waals surface area contributed by atoms with E-state index < -0.39 is 0 Å². The number of nitrogens with zero attached hydrogens (tertiary/aromatic N) is 1. The number of ether oxygens (including phenoxy) is 1. The van der Waals surface area contributed by atoms with E-state index in [-0.39, 0.29) is 17.2 Å². The topological polar surface area (TPSA) is 82.3 Å². The normalized spacial score (nSPS) is 10.5. The smallest absolute Gasteiger partial charge is 0.200 e. The van der Waals surface area contributed by atoms with Crippen LogP contribution in [0.15, 0.2) is 17.3 Å². The molecule has 0 radical (unpaired) electrons. The summed E-state index contributed by atoms with van der Waals surface area (Å²) in [6.07, 6.45) is 1.11. The Morgan fingerprint density at radius 3 is 2.62 bits per heavy atom. The van der Waals surface area contributed by atoms with Gasteiger partial charge in [-0.15, -0.1) is 0 Å². The Balaban J connectivity index is 3.21. The molecule has 0 atom stereocenters. The fraction of sp³-hybridized carbons (Fsp3) is 0.125. The van der Waals surface area contributed by atoms with Gasteiger partial charge < -0.3 is 20.2 Å². The van der Waals surface area contributed by atoms with E-state index in [1.165, 1.54) is 19.2 Å². The number of phenols is 2. The largest absolute Gasteiger partial charge is 0.504 e. The Bertz CT molecular complexity index is 335. The van der Waals surface area contributed by atoms with Crippen molar-refractivity contribution in [1.29, 1.82) is 0 Å². The molecule has 70 valence electrons. The Hall–Kier alpha value is -1.91. The number of methoxy groups -OCH3 is 1. The van der Waals surface area contributed by atoms with E-state index in [9.17, 15) is 5.11 Å². The van der Waals surface area contributed by atoms with Crippen molar-refractivity contribution in [1.82, 2.24) is 0 Å². The van der Waals surface area contributed by atoms with Gasteiger partial charge in [0.15, 0.2) is 11.5 Å². The van der Waals surface area contributed by atoms with Gasteiger partial charge in [-0.2, -0.15) is 0 Å². The lowest BCUT2D eigenvalue weighted by Crippen LogP contribution is -1.87. The van der Waals surface area contributed by atoms with Crippen LogP contribution in [-0.4, -0.2) is 28.7 Å². The van der Waals surface area contributed by atoms with E-state index in [4.69, 9.17) is 15.1 Å². The maximum Gasteiger partial charge on any atom is 0.200 e. The standard InChI is InChI=1S/C8H9NO4/c1-13-7-3-5(4-9-12)2-6(10)8(7)11/h2-4,10-12H,1H3/b9-4-. The van der Waals surface area contributed by atoms with Crippen LogP contribution in [-0.2, 0) is 0 Å². The molecule has 0 aromatic heterocycles. The van der Waals surface area contributed by atoms with Crippen LogP contribution in [0.1, 0.15) is 5.56 Å². The number of hydrogen-bond donors (Lipinski definition) is 3. The van der Waals surface area contributed by atoms with Gasteiger partial charge in [-0.05, 0) is 12.1 Å². The van der Waals surface area contributed by atoms with E-state index in [1.807, 2.05) is 0 Å². The molecule has 0 bridgehead atoms. The van der Waals surface area contributed by atoms with Crippen LogP contribution in [0.4, 0.5) is 0 Å². The zero-order chi connectivity index (χ0) is 9.84. The Morgan fingerprint density at radius 2 is 2.08 bits per heavy atom. The summed E-state index contributed by atoms with van der Waals surface area (Å²) < 4.78 is 4.76. The molecule has 0 unspecified atom stereocenters. The quantitative estimate of drug-likeness (QED) is 0.275. The summed E-state index contributed by atoms with van der Waals surface area (Å²) in [7, 11) is 1.36. The van der Waals surface area contributed by atoms with E-state index in [2.05, 4.69) is 5.16 Å². The average molecular weight is 183 g/mol. The van der Waals surface area contributed by atoms with Gasteiger partial charge in [-0.25, -0.2) is 0 Å². The molecule has 13 heavy (non-hydrogen) atoms. The van der Waals surface area contributed by atoms with Crippen molar-refractivity contribution in [3.63, 3.8) is 0 Å². The first-order valence-corrected chi connectivity index (χ1v) is 3.46. The fourth-order valence-corrected chi connectivity index (χ4v) is 0.911. The first kappa shape index (κ1) is 9.18. The van der Waals surface area contributed by atoms with Gasteiger partial charge in [0.2, 0.25) is 5.75 Å². The maximum absolute atomic E-state index is 9.21. The van der Waals surface area contributed by atoms with Crippen LogP contribution in [0.2, 0.25) is 0 Å². The van der Waals surface area contributed by atoms with Crippen LogP contribution in [0.3, 0.4) is 0 Å². The molecule has 1 rings (SSSR count). The van der Waals surface area contributed by atoms with Crippen LogP contribution in [0.25, 0.3) is 0 Å². The first-order valence-electron chi connectivity index (χ1n) is 3.46. The second kappa shape index (κ2) is 3.66. The van der Waals surface area contributed by atoms with Gasteiger partial charge in [-0.3, -0.25) is 0 Å². The van der Waals surface area contributed by atoms with Crippen molar-refractivity contribution >= 4 is 6.21 Å². The summed E-state index contributed by atoms with van der Waals surface area (Å²) in [5, 5.41) is 29.4. The first-order chi connectivity index (χ1) is 6.19. The molecular weight excluding hydrogens is 174 g/mol.